The first-order valence-electron chi connectivity index (χ1n) is 14.8. The molecule has 1 unspecified atom stereocenters. The number of hydrogen-bond donors (Lipinski definition) is 3. The maximum atomic E-state index is 13.7. The molecule has 2 aliphatic carbocycles. The molecular weight excluding hydrogens is 518 g/mol. The van der Waals surface area contributed by atoms with E-state index in [9.17, 15) is 9.90 Å². The van der Waals surface area contributed by atoms with Crippen LogP contribution in [-0.4, -0.2) is 56.5 Å². The predicted octanol–water partition coefficient (Wildman–Crippen LogP) is 4.89. The molecule has 10 heteroatoms. The van der Waals surface area contributed by atoms with Gasteiger partial charge in [-0.05, 0) is 94.5 Å². The number of aromatic nitrogens is 3. The van der Waals surface area contributed by atoms with E-state index in [0.29, 0.717) is 41.7 Å². The zero-order valence-corrected chi connectivity index (χ0v) is 23.6. The number of guanidine groups is 1. The lowest BCUT2D eigenvalue weighted by molar-refractivity contribution is 0.100. The van der Waals surface area contributed by atoms with Gasteiger partial charge >= 0.3 is 0 Å². The summed E-state index contributed by atoms with van der Waals surface area (Å²) in [7, 11) is 1.86. The zero-order valence-electron chi connectivity index (χ0n) is 23.6. The summed E-state index contributed by atoms with van der Waals surface area (Å²) in [5, 5.41) is 21.5. The fourth-order valence-electron chi connectivity index (χ4n) is 6.49. The van der Waals surface area contributed by atoms with E-state index in [2.05, 4.69) is 43.8 Å². The molecule has 2 saturated carbocycles. The number of ether oxygens (including phenoxy) is 1. The maximum Gasteiger partial charge on any atom is 0.280 e. The molecule has 7 rings (SSSR count). The molecule has 1 aromatic carbocycles. The second kappa shape index (κ2) is 10.5. The Labute approximate surface area is 239 Å². The molecule has 0 spiro atoms. The van der Waals surface area contributed by atoms with E-state index in [1.54, 1.807) is 23.0 Å². The van der Waals surface area contributed by atoms with Crippen LogP contribution in [-0.2, 0) is 7.05 Å². The fraction of sp³-hybridized carbons (Fsp3) is 0.484. The molecule has 4 aliphatic rings. The molecule has 2 aliphatic heterocycles. The predicted molar refractivity (Wildman–Crippen MR) is 159 cm³/mol. The molecule has 2 bridgehead atoms. The molecule has 2 aromatic heterocycles. The molecule has 2 fully saturated rings. The van der Waals surface area contributed by atoms with Crippen molar-refractivity contribution >= 4 is 28.9 Å². The number of carbonyl (C=O) groups excluding carboxylic acids is 1. The Morgan fingerprint density at radius 3 is 2.71 bits per heavy atom. The first-order valence-corrected chi connectivity index (χ1v) is 14.8. The van der Waals surface area contributed by atoms with Gasteiger partial charge in [0.25, 0.3) is 5.91 Å². The van der Waals surface area contributed by atoms with Gasteiger partial charge in [-0.15, -0.1) is 0 Å². The largest absolute Gasteiger partial charge is 0.477 e. The number of benzene rings is 1. The van der Waals surface area contributed by atoms with Gasteiger partial charge in [-0.3, -0.25) is 9.78 Å². The normalized spacial score (nSPS) is 25.5. The maximum absolute atomic E-state index is 13.7. The Hall–Kier alpha value is -3.92. The third-order valence-corrected chi connectivity index (χ3v) is 8.75. The fourth-order valence-corrected chi connectivity index (χ4v) is 6.49. The van der Waals surface area contributed by atoms with E-state index in [1.807, 2.05) is 14.0 Å². The summed E-state index contributed by atoms with van der Waals surface area (Å²) < 4.78 is 8.00. The number of aliphatic hydroxyl groups excluding tert-OH is 1. The Morgan fingerprint density at radius 1 is 1.07 bits per heavy atom. The van der Waals surface area contributed by atoms with Crippen molar-refractivity contribution in [3.8, 4) is 17.1 Å². The van der Waals surface area contributed by atoms with Gasteiger partial charge in [0, 0.05) is 36.1 Å². The number of pyridine rings is 1. The summed E-state index contributed by atoms with van der Waals surface area (Å²) in [5.74, 6) is 1.47. The second-order valence-electron chi connectivity index (χ2n) is 11.9. The van der Waals surface area contributed by atoms with Crippen LogP contribution < -0.4 is 20.3 Å². The Bertz CT molecular complexity index is 1500. The van der Waals surface area contributed by atoms with Crippen LogP contribution in [0.2, 0.25) is 0 Å². The molecule has 10 nitrogen and oxygen atoms in total. The number of aryl methyl sites for hydroxylation is 2. The highest BCUT2D eigenvalue weighted by atomic mass is 16.5. The van der Waals surface area contributed by atoms with Gasteiger partial charge in [0.1, 0.15) is 0 Å². The standard InChI is InChI=1S/C31H37N7O3/c1-18-14-20-15-25(33-18)24-17-32-37(2)30(24)41-13-3-4-27(19-5-6-19)38-28-12-9-22(34-21-7-10-23(39)11-8-21)16-26(28)35-31(38)36-29(20)40/h9,12,14-17,19,21,23,27,34,39H,3-8,10-11,13H2,1-2H3,(H,35,36,40). The van der Waals surface area contributed by atoms with E-state index in [1.165, 1.54) is 12.8 Å². The highest BCUT2D eigenvalue weighted by Crippen LogP contribution is 2.45. The number of anilines is 3. The van der Waals surface area contributed by atoms with Crippen molar-refractivity contribution in [2.45, 2.75) is 76.5 Å². The van der Waals surface area contributed by atoms with Crippen molar-refractivity contribution in [1.82, 2.24) is 14.8 Å². The van der Waals surface area contributed by atoms with Gasteiger partial charge in [-0.1, -0.05) is 0 Å². The highest BCUT2D eigenvalue weighted by Gasteiger charge is 2.41. The highest BCUT2D eigenvalue weighted by molar-refractivity contribution is 6.19. The summed E-state index contributed by atoms with van der Waals surface area (Å²) in [6.45, 7) is 2.45. The molecule has 41 heavy (non-hydrogen) atoms. The Kier molecular flexibility index (Phi) is 6.65. The summed E-state index contributed by atoms with van der Waals surface area (Å²) in [6.07, 6.45) is 9.26. The molecule has 3 N–H and O–H groups in total. The minimum absolute atomic E-state index is 0.180. The molecular formula is C31H37N7O3. The number of aliphatic hydroxyl groups is 1. The molecule has 3 aromatic rings. The van der Waals surface area contributed by atoms with Crippen molar-refractivity contribution in [3.63, 3.8) is 0 Å². The molecule has 4 heterocycles. The van der Waals surface area contributed by atoms with Gasteiger partial charge in [-0.2, -0.15) is 10.1 Å². The average Bonchev–Trinajstić information content (AvgIpc) is 3.65. The van der Waals surface area contributed by atoms with Crippen LogP contribution in [0, 0.1) is 12.8 Å². The van der Waals surface area contributed by atoms with Crippen molar-refractivity contribution < 1.29 is 14.6 Å². The third kappa shape index (κ3) is 5.16. The van der Waals surface area contributed by atoms with Gasteiger partial charge in [0.15, 0.2) is 0 Å². The van der Waals surface area contributed by atoms with Crippen LogP contribution >= 0.6 is 0 Å². The minimum atomic E-state index is -0.311. The number of aliphatic imine (C=N–C) groups is 1. The number of fused-ring (bicyclic) bond motifs is 7. The number of amides is 1. The van der Waals surface area contributed by atoms with Crippen molar-refractivity contribution in [3.05, 3.63) is 47.8 Å². The third-order valence-electron chi connectivity index (χ3n) is 8.75. The van der Waals surface area contributed by atoms with E-state index >= 15 is 0 Å². The molecule has 1 amide bonds. The minimum Gasteiger partial charge on any atom is -0.477 e. The molecule has 1 atom stereocenters. The summed E-state index contributed by atoms with van der Waals surface area (Å²) in [4.78, 5) is 25.3. The van der Waals surface area contributed by atoms with E-state index in [0.717, 1.165) is 66.8 Å². The number of nitrogens with zero attached hydrogens (tertiary/aromatic N) is 5. The van der Waals surface area contributed by atoms with Gasteiger partial charge in [-0.25, -0.2) is 4.68 Å². The van der Waals surface area contributed by atoms with Crippen molar-refractivity contribution in [2.75, 3.05) is 22.1 Å². The lowest BCUT2D eigenvalue weighted by Gasteiger charge is -2.30. The molecule has 214 valence electrons. The number of hydrogen-bond acceptors (Lipinski definition) is 8. The first-order chi connectivity index (χ1) is 19.9. The van der Waals surface area contributed by atoms with Crippen molar-refractivity contribution in [2.24, 2.45) is 18.0 Å². The van der Waals surface area contributed by atoms with E-state index < -0.39 is 0 Å². The summed E-state index contributed by atoms with van der Waals surface area (Å²) >= 11 is 0. The Morgan fingerprint density at radius 2 is 1.90 bits per heavy atom. The van der Waals surface area contributed by atoms with Crippen LogP contribution in [0.5, 0.6) is 5.88 Å². The molecule has 0 radical (unpaired) electrons. The van der Waals surface area contributed by atoms with Crippen molar-refractivity contribution in [1.29, 1.82) is 0 Å². The van der Waals surface area contributed by atoms with Gasteiger partial charge in [0.2, 0.25) is 11.8 Å². The van der Waals surface area contributed by atoms with E-state index in [-0.39, 0.29) is 18.1 Å². The second-order valence-corrected chi connectivity index (χ2v) is 11.9. The van der Waals surface area contributed by atoms with Gasteiger partial charge < -0.3 is 25.4 Å². The van der Waals surface area contributed by atoms with Crippen LogP contribution in [0.1, 0.15) is 67.4 Å². The average molecular weight is 556 g/mol. The number of nitrogens with one attached hydrogen (secondary N) is 2. The number of carbonyl (C=O) groups is 1. The Balaban J connectivity index is 1.25. The quantitative estimate of drug-likeness (QED) is 0.419. The van der Waals surface area contributed by atoms with E-state index in [4.69, 9.17) is 9.73 Å². The smallest absolute Gasteiger partial charge is 0.280 e. The zero-order chi connectivity index (χ0) is 28.1. The van der Waals surface area contributed by atoms with Crippen LogP contribution in [0.25, 0.3) is 11.3 Å². The van der Waals surface area contributed by atoms with Crippen LogP contribution in [0.3, 0.4) is 0 Å². The van der Waals surface area contributed by atoms with Crippen LogP contribution in [0.4, 0.5) is 17.1 Å². The first kappa shape index (κ1) is 26.0. The van der Waals surface area contributed by atoms with Crippen LogP contribution in [0.15, 0.2) is 41.5 Å². The summed E-state index contributed by atoms with van der Waals surface area (Å²) in [5.41, 5.74) is 5.67. The van der Waals surface area contributed by atoms with Gasteiger partial charge in [0.05, 0.1) is 41.5 Å². The lowest BCUT2D eigenvalue weighted by Crippen LogP contribution is -2.42. The topological polar surface area (TPSA) is 117 Å². The SMILES string of the molecule is Cc1cc2cc(n1)-c1cnn(C)c1OCCCC(C1CC1)N1/C(=N/C2=O)Nc2cc(NC3CCC(O)CC3)ccc21. The monoisotopic (exact) mass is 555 g/mol. The summed E-state index contributed by atoms with van der Waals surface area (Å²) in [6, 6.07) is 10.5. The molecule has 0 saturated heterocycles. The number of rotatable bonds is 3. The lowest BCUT2D eigenvalue weighted by atomic mass is 9.93.